The average Bonchev–Trinajstić information content (AvgIpc) is 2.65. The average molecular weight is 337 g/mol. The van der Waals surface area contributed by atoms with Gasteiger partial charge in [0.25, 0.3) is 0 Å². The summed E-state index contributed by atoms with van der Waals surface area (Å²) in [6.07, 6.45) is 5.16. The largest absolute Gasteiger partial charge is 0.481 e. The molecule has 0 spiro atoms. The van der Waals surface area contributed by atoms with Gasteiger partial charge in [-0.15, -0.1) is 0 Å². The van der Waals surface area contributed by atoms with Crippen LogP contribution in [0, 0.1) is 0 Å². The third-order valence-electron chi connectivity index (χ3n) is 3.61. The van der Waals surface area contributed by atoms with Crippen LogP contribution in [0.4, 0.5) is 17.2 Å². The van der Waals surface area contributed by atoms with Crippen LogP contribution in [0.25, 0.3) is 0 Å². The lowest BCUT2D eigenvalue weighted by atomic mass is 10.2. The van der Waals surface area contributed by atoms with Crippen LogP contribution in [0.5, 0.6) is 5.88 Å². The molecule has 6 nitrogen and oxygen atoms in total. The Labute approximate surface area is 143 Å². The van der Waals surface area contributed by atoms with E-state index >= 15 is 0 Å². The number of nitrogens with zero attached hydrogens (tertiary/aromatic N) is 3. The number of anilines is 3. The van der Waals surface area contributed by atoms with Gasteiger partial charge >= 0.3 is 0 Å². The van der Waals surface area contributed by atoms with Gasteiger partial charge in [-0.2, -0.15) is 0 Å². The van der Waals surface area contributed by atoms with Crippen molar-refractivity contribution in [3.05, 3.63) is 54.5 Å². The Morgan fingerprint density at radius 1 is 1.12 bits per heavy atom. The third-order valence-corrected chi connectivity index (χ3v) is 4.68. The second kappa shape index (κ2) is 6.37. The Hall–Kier alpha value is -2.80. The van der Waals surface area contributed by atoms with Gasteiger partial charge in [0, 0.05) is 29.9 Å². The van der Waals surface area contributed by atoms with E-state index in [1.807, 2.05) is 12.1 Å². The van der Waals surface area contributed by atoms with Crippen molar-refractivity contribution >= 4 is 29.0 Å². The minimum absolute atomic E-state index is 0.607. The van der Waals surface area contributed by atoms with Gasteiger partial charge in [0.05, 0.1) is 24.7 Å². The lowest BCUT2D eigenvalue weighted by Gasteiger charge is -2.19. The molecule has 0 fully saturated rings. The zero-order valence-corrected chi connectivity index (χ0v) is 13.8. The van der Waals surface area contributed by atoms with Gasteiger partial charge in [0.1, 0.15) is 5.03 Å². The van der Waals surface area contributed by atoms with Crippen LogP contribution in [0.2, 0.25) is 0 Å². The van der Waals surface area contributed by atoms with Crippen LogP contribution >= 0.6 is 11.8 Å². The predicted octanol–water partition coefficient (Wildman–Crippen LogP) is 3.70. The molecule has 4 rings (SSSR count). The number of rotatable bonds is 4. The number of nitrogens with one attached hydrogen (secondary N) is 2. The highest BCUT2D eigenvalue weighted by Gasteiger charge is 2.17. The van der Waals surface area contributed by atoms with Crippen molar-refractivity contribution < 1.29 is 4.74 Å². The number of pyridine rings is 1. The summed E-state index contributed by atoms with van der Waals surface area (Å²) in [6, 6.07) is 10.1. The fourth-order valence-corrected chi connectivity index (χ4v) is 3.28. The molecule has 1 aromatic carbocycles. The first-order valence-corrected chi connectivity index (χ1v) is 8.26. The van der Waals surface area contributed by atoms with Crippen LogP contribution in [-0.2, 0) is 6.54 Å². The highest BCUT2D eigenvalue weighted by molar-refractivity contribution is 7.99. The Morgan fingerprint density at radius 2 is 2.04 bits per heavy atom. The summed E-state index contributed by atoms with van der Waals surface area (Å²) in [5.41, 5.74) is 3.18. The maximum absolute atomic E-state index is 5.06. The molecule has 2 N–H and O–H groups in total. The van der Waals surface area contributed by atoms with Crippen LogP contribution < -0.4 is 15.4 Å². The van der Waals surface area contributed by atoms with Crippen LogP contribution in [0.3, 0.4) is 0 Å². The van der Waals surface area contributed by atoms with E-state index < -0.39 is 0 Å². The number of hydrogen-bond donors (Lipinski definition) is 2. The molecule has 0 saturated carbocycles. The predicted molar refractivity (Wildman–Crippen MR) is 94.0 cm³/mol. The summed E-state index contributed by atoms with van der Waals surface area (Å²) < 4.78 is 5.06. The normalized spacial score (nSPS) is 11.9. The maximum atomic E-state index is 5.06. The van der Waals surface area contributed by atoms with Crippen molar-refractivity contribution in [1.29, 1.82) is 0 Å². The fraction of sp³-hybridized carbons (Fsp3) is 0.118. The summed E-state index contributed by atoms with van der Waals surface area (Å²) in [7, 11) is 1.61. The number of ether oxygens (including phenoxy) is 1. The molecule has 2 aromatic heterocycles. The SMILES string of the molecule is COc1ccc(NCc2ccc3c(c2)Nc2nccnc2S3)cn1. The van der Waals surface area contributed by atoms with Crippen molar-refractivity contribution in [2.45, 2.75) is 16.5 Å². The number of hydrogen-bond acceptors (Lipinski definition) is 7. The van der Waals surface area contributed by atoms with Crippen LogP contribution in [0.1, 0.15) is 5.56 Å². The third kappa shape index (κ3) is 2.98. The first-order chi connectivity index (χ1) is 11.8. The second-order valence-corrected chi connectivity index (χ2v) is 6.24. The van der Waals surface area contributed by atoms with E-state index in [4.69, 9.17) is 4.74 Å². The topological polar surface area (TPSA) is 72.0 Å². The highest BCUT2D eigenvalue weighted by atomic mass is 32.2. The zero-order valence-electron chi connectivity index (χ0n) is 13.0. The molecule has 0 aliphatic carbocycles. The van der Waals surface area contributed by atoms with Crippen LogP contribution in [-0.4, -0.2) is 22.1 Å². The Balaban J connectivity index is 1.48. The molecule has 1 aliphatic rings. The summed E-state index contributed by atoms with van der Waals surface area (Å²) in [5, 5.41) is 7.60. The van der Waals surface area contributed by atoms with E-state index in [0.717, 1.165) is 27.1 Å². The number of fused-ring (bicyclic) bond motifs is 2. The number of aromatic nitrogens is 3. The molecule has 3 aromatic rings. The summed E-state index contributed by atoms with van der Waals surface area (Å²) in [4.78, 5) is 14.0. The van der Waals surface area contributed by atoms with E-state index in [2.05, 4.69) is 43.8 Å². The zero-order chi connectivity index (χ0) is 16.4. The lowest BCUT2D eigenvalue weighted by Crippen LogP contribution is -2.05. The number of benzene rings is 1. The lowest BCUT2D eigenvalue weighted by molar-refractivity contribution is 0.398. The van der Waals surface area contributed by atoms with Gasteiger partial charge < -0.3 is 15.4 Å². The molecule has 3 heterocycles. The molecule has 0 radical (unpaired) electrons. The second-order valence-electron chi connectivity index (χ2n) is 5.21. The van der Waals surface area contributed by atoms with Crippen molar-refractivity contribution in [1.82, 2.24) is 15.0 Å². The fourth-order valence-electron chi connectivity index (χ4n) is 2.40. The van der Waals surface area contributed by atoms with Gasteiger partial charge in [-0.3, -0.25) is 0 Å². The summed E-state index contributed by atoms with van der Waals surface area (Å²) >= 11 is 1.63. The highest BCUT2D eigenvalue weighted by Crippen LogP contribution is 2.42. The van der Waals surface area contributed by atoms with Gasteiger partial charge in [-0.1, -0.05) is 17.8 Å². The van der Waals surface area contributed by atoms with E-state index in [9.17, 15) is 0 Å². The molecule has 1 aliphatic heterocycles. The molecule has 0 saturated heterocycles. The molecule has 0 amide bonds. The van der Waals surface area contributed by atoms with Gasteiger partial charge in [-0.25, -0.2) is 15.0 Å². The molecule has 0 bridgehead atoms. The van der Waals surface area contributed by atoms with E-state index in [0.29, 0.717) is 12.4 Å². The molecule has 120 valence electrons. The molecular weight excluding hydrogens is 322 g/mol. The first-order valence-electron chi connectivity index (χ1n) is 7.44. The Morgan fingerprint density at radius 3 is 2.88 bits per heavy atom. The molecule has 7 heteroatoms. The van der Waals surface area contributed by atoms with Gasteiger partial charge in [-0.05, 0) is 23.8 Å². The Bertz CT molecular complexity index is 869. The van der Waals surface area contributed by atoms with Gasteiger partial charge in [0.15, 0.2) is 5.82 Å². The minimum Gasteiger partial charge on any atom is -0.481 e. The van der Waals surface area contributed by atoms with Gasteiger partial charge in [0.2, 0.25) is 5.88 Å². The van der Waals surface area contributed by atoms with E-state index in [1.165, 1.54) is 5.56 Å². The summed E-state index contributed by atoms with van der Waals surface area (Å²) in [6.45, 7) is 0.709. The van der Waals surface area contributed by atoms with Crippen molar-refractivity contribution in [3.63, 3.8) is 0 Å². The molecule has 24 heavy (non-hydrogen) atoms. The summed E-state index contributed by atoms with van der Waals surface area (Å²) in [5.74, 6) is 1.41. The van der Waals surface area contributed by atoms with Crippen molar-refractivity contribution in [2.24, 2.45) is 0 Å². The quantitative estimate of drug-likeness (QED) is 0.588. The minimum atomic E-state index is 0.607. The maximum Gasteiger partial charge on any atom is 0.213 e. The smallest absolute Gasteiger partial charge is 0.213 e. The van der Waals surface area contributed by atoms with Crippen molar-refractivity contribution in [2.75, 3.05) is 17.7 Å². The molecule has 0 atom stereocenters. The molecular formula is C17H15N5OS. The Kier molecular flexibility index (Phi) is 3.92. The van der Waals surface area contributed by atoms with E-state index in [1.54, 1.807) is 37.5 Å². The van der Waals surface area contributed by atoms with Crippen LogP contribution in [0.15, 0.2) is 58.8 Å². The standard InChI is InChI=1S/C17H15N5OS/c1-23-15-5-3-12(10-21-15)20-9-11-2-4-14-13(8-11)22-16-17(24-14)19-7-6-18-16/h2-8,10,20H,9H2,1H3,(H,18,22). The number of methoxy groups -OCH3 is 1. The monoisotopic (exact) mass is 337 g/mol. The first kappa shape index (κ1) is 14.8. The van der Waals surface area contributed by atoms with Crippen molar-refractivity contribution in [3.8, 4) is 5.88 Å². The van der Waals surface area contributed by atoms with E-state index in [-0.39, 0.29) is 0 Å². The molecule has 0 unspecified atom stereocenters.